The first-order valence-corrected chi connectivity index (χ1v) is 5.96. The Morgan fingerprint density at radius 1 is 1.07 bits per heavy atom. The second-order valence-electron chi connectivity index (χ2n) is 6.80. The Bertz CT molecular complexity index is 190. The maximum atomic E-state index is 5.52. The standard InChI is InChI=1S/C13H27NO/c1-12(2,3)11-8-10(15-7)9-14(11)13(4,5)6/h10-11H,8-9H2,1-7H3/t10-,11+/m1/s1. The van der Waals surface area contributed by atoms with Crippen molar-refractivity contribution in [2.24, 2.45) is 5.41 Å². The van der Waals surface area contributed by atoms with Gasteiger partial charge in [0.25, 0.3) is 0 Å². The van der Waals surface area contributed by atoms with Gasteiger partial charge in [-0.25, -0.2) is 0 Å². The first-order valence-electron chi connectivity index (χ1n) is 5.96. The van der Waals surface area contributed by atoms with Crippen LogP contribution in [0, 0.1) is 5.41 Å². The van der Waals surface area contributed by atoms with Gasteiger partial charge in [0.05, 0.1) is 6.10 Å². The van der Waals surface area contributed by atoms with Crippen LogP contribution in [0.1, 0.15) is 48.0 Å². The van der Waals surface area contributed by atoms with E-state index in [0.29, 0.717) is 17.6 Å². The normalized spacial score (nSPS) is 29.8. The summed E-state index contributed by atoms with van der Waals surface area (Å²) in [6.45, 7) is 14.9. The van der Waals surface area contributed by atoms with Gasteiger partial charge in [-0.3, -0.25) is 4.90 Å². The molecule has 90 valence electrons. The second kappa shape index (κ2) is 4.06. The Hall–Kier alpha value is -0.0800. The van der Waals surface area contributed by atoms with Crippen LogP contribution in [0.15, 0.2) is 0 Å². The van der Waals surface area contributed by atoms with Gasteiger partial charge in [0.2, 0.25) is 0 Å². The summed E-state index contributed by atoms with van der Waals surface area (Å²) < 4.78 is 5.52. The number of hydrogen-bond donors (Lipinski definition) is 0. The van der Waals surface area contributed by atoms with E-state index in [9.17, 15) is 0 Å². The molecule has 2 atom stereocenters. The lowest BCUT2D eigenvalue weighted by molar-refractivity contribution is 0.0516. The molecular weight excluding hydrogens is 186 g/mol. The molecule has 1 rings (SSSR count). The molecule has 0 aromatic heterocycles. The van der Waals surface area contributed by atoms with Gasteiger partial charge in [0, 0.05) is 25.2 Å². The van der Waals surface area contributed by atoms with E-state index in [0.717, 1.165) is 13.0 Å². The van der Waals surface area contributed by atoms with E-state index >= 15 is 0 Å². The Morgan fingerprint density at radius 3 is 1.87 bits per heavy atom. The zero-order valence-electron chi connectivity index (χ0n) is 11.4. The third-order valence-corrected chi connectivity index (χ3v) is 3.46. The van der Waals surface area contributed by atoms with E-state index in [-0.39, 0.29) is 5.54 Å². The molecule has 0 spiro atoms. The summed E-state index contributed by atoms with van der Waals surface area (Å²) in [6.07, 6.45) is 1.57. The van der Waals surface area contributed by atoms with Gasteiger partial charge in [-0.1, -0.05) is 20.8 Å². The van der Waals surface area contributed by atoms with Crippen LogP contribution in [0.25, 0.3) is 0 Å². The fourth-order valence-corrected chi connectivity index (χ4v) is 2.53. The fraction of sp³-hybridized carbons (Fsp3) is 1.00. The Kier molecular flexibility index (Phi) is 3.52. The summed E-state index contributed by atoms with van der Waals surface area (Å²) in [6, 6.07) is 0.627. The van der Waals surface area contributed by atoms with Crippen molar-refractivity contribution < 1.29 is 4.74 Å². The molecule has 0 radical (unpaired) electrons. The highest BCUT2D eigenvalue weighted by Gasteiger charge is 2.43. The minimum absolute atomic E-state index is 0.241. The molecule has 1 aliphatic heterocycles. The molecule has 0 aliphatic carbocycles. The molecule has 1 heterocycles. The van der Waals surface area contributed by atoms with Gasteiger partial charge >= 0.3 is 0 Å². The van der Waals surface area contributed by atoms with Crippen LogP contribution in [0.4, 0.5) is 0 Å². The molecule has 2 heteroatoms. The quantitative estimate of drug-likeness (QED) is 0.664. The third-order valence-electron chi connectivity index (χ3n) is 3.46. The van der Waals surface area contributed by atoms with Gasteiger partial charge in [0.15, 0.2) is 0 Å². The predicted octanol–water partition coefficient (Wildman–Crippen LogP) is 2.92. The van der Waals surface area contributed by atoms with Crippen molar-refractivity contribution in [2.45, 2.75) is 65.6 Å². The zero-order valence-corrected chi connectivity index (χ0v) is 11.4. The molecule has 15 heavy (non-hydrogen) atoms. The van der Waals surface area contributed by atoms with Crippen molar-refractivity contribution in [3.05, 3.63) is 0 Å². The molecule has 0 saturated carbocycles. The van der Waals surface area contributed by atoms with E-state index < -0.39 is 0 Å². The van der Waals surface area contributed by atoms with E-state index in [1.807, 2.05) is 7.11 Å². The zero-order chi connectivity index (χ0) is 11.9. The molecule has 1 aliphatic rings. The summed E-state index contributed by atoms with van der Waals surface area (Å²) in [4.78, 5) is 2.60. The first-order chi connectivity index (χ1) is 6.66. The van der Waals surface area contributed by atoms with Crippen molar-refractivity contribution in [3.63, 3.8) is 0 Å². The largest absolute Gasteiger partial charge is 0.380 e. The number of likely N-dealkylation sites (tertiary alicyclic amines) is 1. The smallest absolute Gasteiger partial charge is 0.0713 e. The molecule has 1 saturated heterocycles. The van der Waals surface area contributed by atoms with E-state index in [4.69, 9.17) is 4.74 Å². The molecule has 0 aromatic rings. The Labute approximate surface area is 95.0 Å². The number of ether oxygens (including phenoxy) is 1. The highest BCUT2D eigenvalue weighted by molar-refractivity contribution is 4.97. The van der Waals surface area contributed by atoms with Gasteiger partial charge in [-0.05, 0) is 32.6 Å². The number of methoxy groups -OCH3 is 1. The minimum atomic E-state index is 0.241. The fourth-order valence-electron chi connectivity index (χ4n) is 2.53. The predicted molar refractivity (Wildman–Crippen MR) is 65.1 cm³/mol. The maximum absolute atomic E-state index is 5.52. The van der Waals surface area contributed by atoms with Crippen molar-refractivity contribution in [1.82, 2.24) is 4.90 Å². The average molecular weight is 213 g/mol. The van der Waals surface area contributed by atoms with Crippen LogP contribution in [0.3, 0.4) is 0 Å². The third kappa shape index (κ3) is 2.94. The first kappa shape index (κ1) is 13.0. The van der Waals surface area contributed by atoms with Crippen LogP contribution >= 0.6 is 0 Å². The van der Waals surface area contributed by atoms with Crippen LogP contribution < -0.4 is 0 Å². The highest BCUT2D eigenvalue weighted by atomic mass is 16.5. The van der Waals surface area contributed by atoms with Crippen molar-refractivity contribution >= 4 is 0 Å². The SMILES string of the molecule is CO[C@@H]1C[C@@H](C(C)(C)C)N(C(C)(C)C)C1. The summed E-state index contributed by atoms with van der Waals surface area (Å²) in [5.41, 5.74) is 0.575. The van der Waals surface area contributed by atoms with Gasteiger partial charge in [0.1, 0.15) is 0 Å². The van der Waals surface area contributed by atoms with Crippen molar-refractivity contribution in [2.75, 3.05) is 13.7 Å². The number of hydrogen-bond acceptors (Lipinski definition) is 2. The molecule has 0 N–H and O–H groups in total. The Balaban J connectivity index is 2.84. The van der Waals surface area contributed by atoms with E-state index in [1.165, 1.54) is 0 Å². The molecule has 1 fully saturated rings. The van der Waals surface area contributed by atoms with Crippen LogP contribution in [-0.4, -0.2) is 36.2 Å². The summed E-state index contributed by atoms with van der Waals surface area (Å²) >= 11 is 0. The number of rotatable bonds is 1. The van der Waals surface area contributed by atoms with Gasteiger partial charge in [-0.15, -0.1) is 0 Å². The van der Waals surface area contributed by atoms with E-state index in [1.54, 1.807) is 0 Å². The number of nitrogens with zero attached hydrogens (tertiary/aromatic N) is 1. The van der Waals surface area contributed by atoms with Gasteiger partial charge in [-0.2, -0.15) is 0 Å². The van der Waals surface area contributed by atoms with Crippen LogP contribution in [0.5, 0.6) is 0 Å². The molecule has 0 bridgehead atoms. The monoisotopic (exact) mass is 213 g/mol. The lowest BCUT2D eigenvalue weighted by Gasteiger charge is -2.42. The topological polar surface area (TPSA) is 12.5 Å². The van der Waals surface area contributed by atoms with E-state index in [2.05, 4.69) is 46.4 Å². The maximum Gasteiger partial charge on any atom is 0.0713 e. The molecule has 2 nitrogen and oxygen atoms in total. The van der Waals surface area contributed by atoms with Crippen molar-refractivity contribution in [1.29, 1.82) is 0 Å². The van der Waals surface area contributed by atoms with Crippen LogP contribution in [-0.2, 0) is 4.74 Å². The summed E-state index contributed by atoms with van der Waals surface area (Å²) in [7, 11) is 1.83. The minimum Gasteiger partial charge on any atom is -0.380 e. The summed E-state index contributed by atoms with van der Waals surface area (Å²) in [5, 5.41) is 0. The lowest BCUT2D eigenvalue weighted by atomic mass is 9.83. The average Bonchev–Trinajstić information content (AvgIpc) is 2.44. The van der Waals surface area contributed by atoms with Gasteiger partial charge < -0.3 is 4.74 Å². The molecule has 0 amide bonds. The lowest BCUT2D eigenvalue weighted by Crippen LogP contribution is -2.49. The van der Waals surface area contributed by atoms with Crippen LogP contribution in [0.2, 0.25) is 0 Å². The molecule has 0 aromatic carbocycles. The second-order valence-corrected chi connectivity index (χ2v) is 6.80. The highest BCUT2D eigenvalue weighted by Crippen LogP contribution is 2.37. The molecule has 0 unspecified atom stereocenters. The Morgan fingerprint density at radius 2 is 1.60 bits per heavy atom. The molecular formula is C13H27NO. The summed E-state index contributed by atoms with van der Waals surface area (Å²) in [5.74, 6) is 0. The van der Waals surface area contributed by atoms with Crippen molar-refractivity contribution in [3.8, 4) is 0 Å².